The molecule has 0 amide bonds. The third-order valence-corrected chi connectivity index (χ3v) is 9.66. The summed E-state index contributed by atoms with van der Waals surface area (Å²) in [6, 6.07) is 7.87. The van der Waals surface area contributed by atoms with Gasteiger partial charge in [0.1, 0.15) is 11.5 Å². The molecule has 3 atom stereocenters. The maximum Gasteiger partial charge on any atom is 0.137 e. The predicted octanol–water partition coefficient (Wildman–Crippen LogP) is 6.95. The van der Waals surface area contributed by atoms with E-state index in [-0.39, 0.29) is 16.7 Å². The summed E-state index contributed by atoms with van der Waals surface area (Å²) in [7, 11) is 0. The molecule has 3 aliphatic carbocycles. The molecule has 5 rings (SSSR count). The summed E-state index contributed by atoms with van der Waals surface area (Å²) in [5.41, 5.74) is 2.57. The average molecular weight is 768 g/mol. The summed E-state index contributed by atoms with van der Waals surface area (Å²) in [5.74, 6) is 1.78. The smallest absolute Gasteiger partial charge is 0.137 e. The quantitative estimate of drug-likeness (QED) is 0.256. The molecule has 2 aromatic rings. The molecule has 2 unspecified atom stereocenters. The van der Waals surface area contributed by atoms with Crippen LogP contribution < -0.4 is 0 Å². The summed E-state index contributed by atoms with van der Waals surface area (Å²) < 4.78 is 2.74. The molecule has 0 heterocycles. The Bertz CT molecular complexity index is 1110. The number of rotatable bonds is 5. The van der Waals surface area contributed by atoms with Crippen molar-refractivity contribution in [3.63, 3.8) is 0 Å². The number of phenols is 2. The number of aryl methyl sites for hydroxylation is 1. The number of hydrogen-bond acceptors (Lipinski definition) is 4. The fraction of sp³-hybridized carbons (Fsp3) is 0.440. The summed E-state index contributed by atoms with van der Waals surface area (Å²) in [5, 5.41) is 21.0. The summed E-state index contributed by atoms with van der Waals surface area (Å²) in [6.07, 6.45) is 6.99. The Balaban J connectivity index is 1.68. The maximum absolute atomic E-state index is 10.6. The molecule has 2 aromatic carbocycles. The lowest BCUT2D eigenvalue weighted by molar-refractivity contribution is -0.112. The second kappa shape index (κ2) is 9.31. The topological polar surface area (TPSA) is 65.2 Å². The molecule has 0 spiro atoms. The highest BCUT2D eigenvalue weighted by Crippen LogP contribution is 2.64. The number of aromatic hydroxyl groups is 2. The number of benzene rings is 2. The first-order valence-corrected chi connectivity index (χ1v) is 14.0. The molecule has 2 N–H and O–H groups in total. The van der Waals surface area contributed by atoms with Crippen molar-refractivity contribution < 1.29 is 10.2 Å². The van der Waals surface area contributed by atoms with E-state index in [2.05, 4.69) is 81.6 Å². The highest BCUT2D eigenvalue weighted by Gasteiger charge is 2.61. The van der Waals surface area contributed by atoms with Crippen molar-refractivity contribution >= 4 is 80.2 Å². The van der Waals surface area contributed by atoms with Gasteiger partial charge < -0.3 is 10.2 Å². The fourth-order valence-electron chi connectivity index (χ4n) is 5.45. The molecule has 32 heavy (non-hydrogen) atoms. The Morgan fingerprint density at radius 3 is 2.31 bits per heavy atom. The van der Waals surface area contributed by atoms with Crippen molar-refractivity contribution in [2.45, 2.75) is 45.6 Å². The van der Waals surface area contributed by atoms with E-state index < -0.39 is 0 Å². The van der Waals surface area contributed by atoms with Gasteiger partial charge in [-0.05, 0) is 141 Å². The van der Waals surface area contributed by atoms with Gasteiger partial charge >= 0.3 is 0 Å². The van der Waals surface area contributed by atoms with E-state index in [0.717, 1.165) is 46.2 Å². The van der Waals surface area contributed by atoms with Crippen LogP contribution in [0.3, 0.4) is 0 Å². The SMILES string of the molecule is Cc1cc(I)c(O)c(C=NC2(CN=Cc3cc(I)cc(I)c3O)CC[C@H]3CC2C3(C)C)c1. The maximum atomic E-state index is 10.6. The lowest BCUT2D eigenvalue weighted by Gasteiger charge is -2.63. The van der Waals surface area contributed by atoms with E-state index in [4.69, 9.17) is 9.98 Å². The minimum Gasteiger partial charge on any atom is -0.506 e. The molecule has 7 heteroatoms. The Kier molecular flexibility index (Phi) is 7.19. The van der Waals surface area contributed by atoms with Crippen LogP contribution in [0.4, 0.5) is 0 Å². The molecule has 3 saturated carbocycles. The zero-order valence-electron chi connectivity index (χ0n) is 18.4. The number of phenolic OH excluding ortho intramolecular Hbond substituents is 2. The van der Waals surface area contributed by atoms with Gasteiger partial charge in [0, 0.05) is 27.1 Å². The second-order valence-corrected chi connectivity index (χ2v) is 13.3. The molecular formula is C25H27I3N2O2. The van der Waals surface area contributed by atoms with Gasteiger partial charge in [0.2, 0.25) is 0 Å². The summed E-state index contributed by atoms with van der Waals surface area (Å²) in [6.45, 7) is 7.34. The van der Waals surface area contributed by atoms with Crippen LogP contribution in [-0.4, -0.2) is 34.7 Å². The van der Waals surface area contributed by atoms with Gasteiger partial charge in [0.05, 0.1) is 19.2 Å². The molecule has 0 aliphatic heterocycles. The molecule has 170 valence electrons. The molecule has 0 aromatic heterocycles. The normalized spacial score (nSPS) is 26.6. The van der Waals surface area contributed by atoms with Crippen molar-refractivity contribution in [2.75, 3.05) is 6.54 Å². The molecule has 2 bridgehead atoms. The first kappa shape index (κ1) is 24.7. The van der Waals surface area contributed by atoms with Crippen LogP contribution >= 0.6 is 67.8 Å². The molecule has 0 radical (unpaired) electrons. The average Bonchev–Trinajstić information content (AvgIpc) is 2.73. The van der Waals surface area contributed by atoms with Crippen molar-refractivity contribution in [2.24, 2.45) is 27.2 Å². The van der Waals surface area contributed by atoms with Crippen LogP contribution in [0.2, 0.25) is 0 Å². The highest BCUT2D eigenvalue weighted by molar-refractivity contribution is 14.1. The minimum absolute atomic E-state index is 0.244. The first-order valence-electron chi connectivity index (χ1n) is 10.8. The standard InChI is InChI=1S/C25H27I3N2O2/c1-14-6-15(22(31)19(27)7-14)12-30-25(5-4-17-9-21(25)24(17,2)3)13-29-11-16-8-18(26)10-20(28)23(16)32/h6-8,10-12,17,21,31-32H,4-5,9,13H2,1-3H3/t17-,21?,25?/m0/s1. The van der Waals surface area contributed by atoms with Gasteiger partial charge in [0.25, 0.3) is 0 Å². The van der Waals surface area contributed by atoms with Crippen LogP contribution in [0.25, 0.3) is 0 Å². The van der Waals surface area contributed by atoms with E-state index in [0.29, 0.717) is 18.2 Å². The molecule has 3 fully saturated rings. The Morgan fingerprint density at radius 1 is 1.00 bits per heavy atom. The number of fused-ring (bicyclic) bond motifs is 2. The van der Waals surface area contributed by atoms with Crippen molar-refractivity contribution in [3.05, 3.63) is 51.7 Å². The van der Waals surface area contributed by atoms with E-state index in [9.17, 15) is 10.2 Å². The van der Waals surface area contributed by atoms with E-state index >= 15 is 0 Å². The number of halogens is 3. The van der Waals surface area contributed by atoms with Gasteiger partial charge in [-0.1, -0.05) is 13.8 Å². The first-order chi connectivity index (χ1) is 15.0. The van der Waals surface area contributed by atoms with Crippen molar-refractivity contribution in [1.29, 1.82) is 0 Å². The summed E-state index contributed by atoms with van der Waals surface area (Å²) >= 11 is 6.58. The predicted molar refractivity (Wildman–Crippen MR) is 156 cm³/mol. The van der Waals surface area contributed by atoms with Crippen LogP contribution in [0.5, 0.6) is 11.5 Å². The largest absolute Gasteiger partial charge is 0.506 e. The lowest BCUT2D eigenvalue weighted by atomic mass is 9.43. The molecular weight excluding hydrogens is 741 g/mol. The van der Waals surface area contributed by atoms with Gasteiger partial charge in [-0.15, -0.1) is 0 Å². The number of nitrogens with zero attached hydrogens (tertiary/aromatic N) is 2. The molecule has 0 saturated heterocycles. The Hall–Kier alpha value is -0.430. The van der Waals surface area contributed by atoms with Gasteiger partial charge in [-0.3, -0.25) is 9.98 Å². The number of hydrogen-bond donors (Lipinski definition) is 2. The van der Waals surface area contributed by atoms with Crippen molar-refractivity contribution in [1.82, 2.24) is 0 Å². The van der Waals surface area contributed by atoms with E-state index in [1.54, 1.807) is 6.21 Å². The second-order valence-electron chi connectivity index (χ2n) is 9.69. The number of aliphatic imine (C=N–C) groups is 2. The Morgan fingerprint density at radius 2 is 1.66 bits per heavy atom. The van der Waals surface area contributed by atoms with Crippen LogP contribution in [0, 0.1) is 34.9 Å². The third-order valence-electron chi connectivity index (χ3n) is 7.40. The molecule has 3 aliphatic rings. The zero-order chi connectivity index (χ0) is 23.3. The highest BCUT2D eigenvalue weighted by atomic mass is 127. The molecule has 4 nitrogen and oxygen atoms in total. The summed E-state index contributed by atoms with van der Waals surface area (Å²) in [4.78, 5) is 9.99. The Labute approximate surface area is 230 Å². The van der Waals surface area contributed by atoms with Crippen LogP contribution in [0.1, 0.15) is 49.8 Å². The van der Waals surface area contributed by atoms with Gasteiger partial charge in [-0.2, -0.15) is 0 Å². The van der Waals surface area contributed by atoms with Gasteiger partial charge in [0.15, 0.2) is 0 Å². The van der Waals surface area contributed by atoms with Crippen molar-refractivity contribution in [3.8, 4) is 11.5 Å². The zero-order valence-corrected chi connectivity index (χ0v) is 24.8. The monoisotopic (exact) mass is 768 g/mol. The van der Waals surface area contributed by atoms with E-state index in [1.807, 2.05) is 37.4 Å². The van der Waals surface area contributed by atoms with Gasteiger partial charge in [-0.25, -0.2) is 0 Å². The minimum atomic E-state index is -0.291. The lowest BCUT2D eigenvalue weighted by Crippen LogP contribution is -2.61. The third kappa shape index (κ3) is 4.58. The van der Waals surface area contributed by atoms with Crippen LogP contribution in [0.15, 0.2) is 34.3 Å². The fourth-order valence-corrected chi connectivity index (χ4v) is 8.14. The van der Waals surface area contributed by atoms with E-state index in [1.165, 1.54) is 6.42 Å². The van der Waals surface area contributed by atoms with Crippen LogP contribution in [-0.2, 0) is 0 Å².